The maximum Gasteiger partial charge on any atom is 0.273 e. The Morgan fingerprint density at radius 3 is 2.80 bits per heavy atom. The number of amides is 1. The molecule has 7 heteroatoms. The van der Waals surface area contributed by atoms with Crippen LogP contribution in [-0.4, -0.2) is 34.2 Å². The van der Waals surface area contributed by atoms with Gasteiger partial charge in [0.05, 0.1) is 10.2 Å². The first-order chi connectivity index (χ1) is 12.1. The predicted octanol–water partition coefficient (Wildman–Crippen LogP) is 3.61. The second-order valence-electron chi connectivity index (χ2n) is 6.71. The van der Waals surface area contributed by atoms with Gasteiger partial charge in [-0.2, -0.15) is 5.10 Å². The fourth-order valence-corrected chi connectivity index (χ4v) is 3.82. The number of hydrogen-bond donors (Lipinski definition) is 2. The molecule has 1 aliphatic rings. The molecule has 1 fully saturated rings. The number of nitrogens with zero attached hydrogens (tertiary/aromatic N) is 3. The van der Waals surface area contributed by atoms with Gasteiger partial charge in [0.2, 0.25) is 0 Å². The fourth-order valence-electron chi connectivity index (χ4n) is 3.01. The first-order valence-corrected chi connectivity index (χ1v) is 9.57. The molecule has 2 aromatic heterocycles. The largest absolute Gasteiger partial charge is 0.357 e. The van der Waals surface area contributed by atoms with Gasteiger partial charge in [-0.25, -0.2) is 4.98 Å². The van der Waals surface area contributed by atoms with Crippen molar-refractivity contribution in [3.63, 3.8) is 0 Å². The van der Waals surface area contributed by atoms with E-state index in [2.05, 4.69) is 61.2 Å². The first kappa shape index (κ1) is 17.9. The summed E-state index contributed by atoms with van der Waals surface area (Å²) in [5, 5.41) is 10.0. The number of aromatic nitrogens is 3. The van der Waals surface area contributed by atoms with Crippen LogP contribution in [0, 0.1) is 0 Å². The highest BCUT2D eigenvalue weighted by Crippen LogP contribution is 2.25. The summed E-state index contributed by atoms with van der Waals surface area (Å²) in [6.07, 6.45) is 5.54. The van der Waals surface area contributed by atoms with Crippen LogP contribution in [0.1, 0.15) is 60.8 Å². The van der Waals surface area contributed by atoms with Gasteiger partial charge in [0, 0.05) is 25.8 Å². The molecule has 0 spiro atoms. The lowest BCUT2D eigenvalue weighted by Crippen LogP contribution is -2.30. The molecule has 0 atom stereocenters. The van der Waals surface area contributed by atoms with Crippen LogP contribution < -0.4 is 10.2 Å². The maximum atomic E-state index is 12.4. The van der Waals surface area contributed by atoms with Gasteiger partial charge in [0.15, 0.2) is 5.69 Å². The Hall–Kier alpha value is -1.89. The van der Waals surface area contributed by atoms with Crippen LogP contribution in [-0.2, 0) is 6.54 Å². The minimum absolute atomic E-state index is 0.189. The van der Waals surface area contributed by atoms with Crippen LogP contribution in [0.2, 0.25) is 0 Å². The Balaban J connectivity index is 1.64. The minimum Gasteiger partial charge on any atom is -0.357 e. The van der Waals surface area contributed by atoms with Gasteiger partial charge < -0.3 is 10.2 Å². The number of halogens is 1. The van der Waals surface area contributed by atoms with Crippen LogP contribution in [0.4, 0.5) is 5.82 Å². The molecule has 2 aromatic rings. The van der Waals surface area contributed by atoms with E-state index >= 15 is 0 Å². The van der Waals surface area contributed by atoms with Crippen molar-refractivity contribution in [1.82, 2.24) is 20.5 Å². The molecule has 6 nitrogen and oxygen atoms in total. The van der Waals surface area contributed by atoms with E-state index in [0.29, 0.717) is 12.2 Å². The number of piperidine rings is 1. The van der Waals surface area contributed by atoms with E-state index in [4.69, 9.17) is 0 Å². The third-order valence-corrected chi connectivity index (χ3v) is 5.27. The first-order valence-electron chi connectivity index (χ1n) is 8.78. The van der Waals surface area contributed by atoms with Crippen LogP contribution in [0.3, 0.4) is 0 Å². The van der Waals surface area contributed by atoms with E-state index in [0.717, 1.165) is 34.6 Å². The third kappa shape index (κ3) is 4.21. The number of H-pyrrole nitrogens is 1. The number of carbonyl (C=O) groups is 1. The second-order valence-corrected chi connectivity index (χ2v) is 7.50. The monoisotopic (exact) mass is 405 g/mol. The molecule has 0 bridgehead atoms. The molecule has 0 saturated carbocycles. The van der Waals surface area contributed by atoms with E-state index in [1.54, 1.807) is 0 Å². The van der Waals surface area contributed by atoms with Crippen molar-refractivity contribution in [1.29, 1.82) is 0 Å². The van der Waals surface area contributed by atoms with Crippen LogP contribution in [0.5, 0.6) is 0 Å². The lowest BCUT2D eigenvalue weighted by molar-refractivity contribution is 0.0945. The highest BCUT2D eigenvalue weighted by Gasteiger charge is 2.19. The summed E-state index contributed by atoms with van der Waals surface area (Å²) in [6.45, 7) is 6.68. The van der Waals surface area contributed by atoms with Crippen molar-refractivity contribution in [2.24, 2.45) is 0 Å². The summed E-state index contributed by atoms with van der Waals surface area (Å²) < 4.78 is 0.740. The topological polar surface area (TPSA) is 73.9 Å². The summed E-state index contributed by atoms with van der Waals surface area (Å²) in [7, 11) is 0. The predicted molar refractivity (Wildman–Crippen MR) is 102 cm³/mol. The molecule has 25 heavy (non-hydrogen) atoms. The zero-order valence-corrected chi connectivity index (χ0v) is 16.3. The standard InChI is InChI=1S/C18H24BrN5O/c1-12(2)16-15(19)17(23-22-16)18(25)21-11-13-6-7-20-14(10-13)24-8-4-3-5-9-24/h6-7,10,12H,3-5,8-9,11H2,1-2H3,(H,21,25)(H,22,23). The van der Waals surface area contributed by atoms with Gasteiger partial charge >= 0.3 is 0 Å². The van der Waals surface area contributed by atoms with E-state index < -0.39 is 0 Å². The highest BCUT2D eigenvalue weighted by atomic mass is 79.9. The Morgan fingerprint density at radius 2 is 2.12 bits per heavy atom. The number of aromatic amines is 1. The smallest absolute Gasteiger partial charge is 0.273 e. The van der Waals surface area contributed by atoms with Crippen molar-refractivity contribution in [2.75, 3.05) is 18.0 Å². The summed E-state index contributed by atoms with van der Waals surface area (Å²) >= 11 is 3.47. The van der Waals surface area contributed by atoms with Crippen molar-refractivity contribution in [3.8, 4) is 0 Å². The number of carbonyl (C=O) groups excluding carboxylic acids is 1. The van der Waals surface area contributed by atoms with Gasteiger partial charge in [-0.05, 0) is 58.8 Å². The van der Waals surface area contributed by atoms with Gasteiger partial charge in [0.1, 0.15) is 5.82 Å². The third-order valence-electron chi connectivity index (χ3n) is 4.47. The molecule has 2 N–H and O–H groups in total. The second kappa shape index (κ2) is 7.99. The average Bonchev–Trinajstić information content (AvgIpc) is 3.02. The van der Waals surface area contributed by atoms with Crippen molar-refractivity contribution < 1.29 is 4.79 Å². The molecule has 3 rings (SSSR count). The van der Waals surface area contributed by atoms with E-state index in [-0.39, 0.29) is 11.8 Å². The normalized spacial score (nSPS) is 14.8. The summed E-state index contributed by atoms with van der Waals surface area (Å²) in [4.78, 5) is 19.2. The van der Waals surface area contributed by atoms with Crippen LogP contribution >= 0.6 is 15.9 Å². The number of hydrogen-bond acceptors (Lipinski definition) is 4. The molecule has 0 radical (unpaired) electrons. The van der Waals surface area contributed by atoms with Gasteiger partial charge in [-0.15, -0.1) is 0 Å². The van der Waals surface area contributed by atoms with Crippen LogP contribution in [0.25, 0.3) is 0 Å². The van der Waals surface area contributed by atoms with Gasteiger partial charge in [0.25, 0.3) is 5.91 Å². The van der Waals surface area contributed by atoms with Crippen molar-refractivity contribution >= 4 is 27.7 Å². The molecule has 1 amide bonds. The molecule has 1 saturated heterocycles. The SMILES string of the molecule is CC(C)c1[nH]nc(C(=O)NCc2ccnc(N3CCCCC3)c2)c1Br. The Labute approximate surface area is 156 Å². The number of pyridine rings is 1. The molecule has 0 aliphatic carbocycles. The Bertz CT molecular complexity index is 737. The van der Waals surface area contributed by atoms with Gasteiger partial charge in [-0.3, -0.25) is 9.89 Å². The minimum atomic E-state index is -0.189. The average molecular weight is 406 g/mol. The molecule has 1 aliphatic heterocycles. The van der Waals surface area contributed by atoms with E-state index in [1.165, 1.54) is 19.3 Å². The quantitative estimate of drug-likeness (QED) is 0.796. The fraction of sp³-hybridized carbons (Fsp3) is 0.500. The molecule has 0 aromatic carbocycles. The number of rotatable bonds is 5. The zero-order chi connectivity index (χ0) is 17.8. The molecular formula is C18H24BrN5O. The lowest BCUT2D eigenvalue weighted by Gasteiger charge is -2.27. The Morgan fingerprint density at radius 1 is 1.36 bits per heavy atom. The Kier molecular flexibility index (Phi) is 5.73. The molecular weight excluding hydrogens is 382 g/mol. The summed E-state index contributed by atoms with van der Waals surface area (Å²) in [5.41, 5.74) is 2.37. The van der Waals surface area contributed by atoms with Gasteiger partial charge in [-0.1, -0.05) is 13.8 Å². The van der Waals surface area contributed by atoms with E-state index in [9.17, 15) is 4.79 Å². The summed E-state index contributed by atoms with van der Waals surface area (Å²) in [6, 6.07) is 4.00. The van der Waals surface area contributed by atoms with E-state index in [1.807, 2.05) is 12.3 Å². The molecule has 0 unspecified atom stereocenters. The number of nitrogens with one attached hydrogen (secondary N) is 2. The zero-order valence-electron chi connectivity index (χ0n) is 14.7. The van der Waals surface area contributed by atoms with Crippen molar-refractivity contribution in [2.45, 2.75) is 45.6 Å². The maximum absolute atomic E-state index is 12.4. The highest BCUT2D eigenvalue weighted by molar-refractivity contribution is 9.10. The summed E-state index contributed by atoms with van der Waals surface area (Å²) in [5.74, 6) is 1.08. The molecule has 3 heterocycles. The lowest BCUT2D eigenvalue weighted by atomic mass is 10.1. The van der Waals surface area contributed by atoms with Crippen LogP contribution in [0.15, 0.2) is 22.8 Å². The number of anilines is 1. The molecule has 134 valence electrons. The van der Waals surface area contributed by atoms with Crippen molar-refractivity contribution in [3.05, 3.63) is 39.8 Å².